The van der Waals surface area contributed by atoms with Crippen LogP contribution in [0.2, 0.25) is 0 Å². The molecular formula is C11H19N3O. The Labute approximate surface area is 90.6 Å². The SMILES string of the molecule is CC1OCCC1CNCc1cncn1C. The van der Waals surface area contributed by atoms with Crippen molar-refractivity contribution in [3.8, 4) is 0 Å². The van der Waals surface area contributed by atoms with Crippen molar-refractivity contribution in [3.05, 3.63) is 18.2 Å². The minimum atomic E-state index is 0.407. The fraction of sp³-hybridized carbons (Fsp3) is 0.727. The molecule has 1 aliphatic heterocycles. The molecule has 1 N–H and O–H groups in total. The number of rotatable bonds is 4. The Morgan fingerprint density at radius 1 is 1.67 bits per heavy atom. The standard InChI is InChI=1S/C11H19N3O/c1-9-10(3-4-15-9)5-12-6-11-7-13-8-14(11)2/h7-10,12H,3-6H2,1-2H3. The van der Waals surface area contributed by atoms with Crippen LogP contribution in [0.5, 0.6) is 0 Å². The van der Waals surface area contributed by atoms with Gasteiger partial charge in [0.15, 0.2) is 0 Å². The summed E-state index contributed by atoms with van der Waals surface area (Å²) in [5.74, 6) is 0.665. The van der Waals surface area contributed by atoms with E-state index in [0.717, 1.165) is 19.7 Å². The molecular weight excluding hydrogens is 190 g/mol. The van der Waals surface area contributed by atoms with Crippen LogP contribution in [0.4, 0.5) is 0 Å². The van der Waals surface area contributed by atoms with Crippen LogP contribution in [-0.2, 0) is 18.3 Å². The van der Waals surface area contributed by atoms with Crippen LogP contribution in [-0.4, -0.2) is 28.8 Å². The van der Waals surface area contributed by atoms with Crippen molar-refractivity contribution in [1.82, 2.24) is 14.9 Å². The van der Waals surface area contributed by atoms with E-state index in [4.69, 9.17) is 4.74 Å². The average molecular weight is 209 g/mol. The maximum Gasteiger partial charge on any atom is 0.0945 e. The zero-order chi connectivity index (χ0) is 10.7. The number of imidazole rings is 1. The third-order valence-corrected chi connectivity index (χ3v) is 3.16. The number of hydrogen-bond donors (Lipinski definition) is 1. The second-order valence-corrected chi connectivity index (χ2v) is 4.25. The molecule has 1 aromatic rings. The largest absolute Gasteiger partial charge is 0.378 e. The summed E-state index contributed by atoms with van der Waals surface area (Å²) in [4.78, 5) is 4.09. The molecule has 2 rings (SSSR count). The molecule has 0 bridgehead atoms. The van der Waals surface area contributed by atoms with Gasteiger partial charge in [-0.1, -0.05) is 0 Å². The fourth-order valence-electron chi connectivity index (χ4n) is 1.98. The molecule has 2 atom stereocenters. The third kappa shape index (κ3) is 2.58. The highest BCUT2D eigenvalue weighted by Gasteiger charge is 2.23. The monoisotopic (exact) mass is 209 g/mol. The lowest BCUT2D eigenvalue weighted by molar-refractivity contribution is 0.105. The van der Waals surface area contributed by atoms with Crippen LogP contribution in [0, 0.1) is 5.92 Å². The lowest BCUT2D eigenvalue weighted by Gasteiger charge is -2.14. The van der Waals surface area contributed by atoms with Crippen molar-refractivity contribution in [2.75, 3.05) is 13.2 Å². The van der Waals surface area contributed by atoms with Gasteiger partial charge in [-0.3, -0.25) is 0 Å². The molecule has 2 unspecified atom stereocenters. The van der Waals surface area contributed by atoms with Crippen molar-refractivity contribution >= 4 is 0 Å². The highest BCUT2D eigenvalue weighted by molar-refractivity contribution is 4.96. The van der Waals surface area contributed by atoms with Gasteiger partial charge in [-0.15, -0.1) is 0 Å². The fourth-order valence-corrected chi connectivity index (χ4v) is 1.98. The second-order valence-electron chi connectivity index (χ2n) is 4.25. The van der Waals surface area contributed by atoms with E-state index in [-0.39, 0.29) is 0 Å². The summed E-state index contributed by atoms with van der Waals surface area (Å²) in [6.45, 7) is 4.99. The zero-order valence-corrected chi connectivity index (χ0v) is 9.44. The molecule has 0 amide bonds. The number of nitrogens with zero attached hydrogens (tertiary/aromatic N) is 2. The highest BCUT2D eigenvalue weighted by Crippen LogP contribution is 2.19. The Bertz CT molecular complexity index is 311. The van der Waals surface area contributed by atoms with Crippen molar-refractivity contribution in [3.63, 3.8) is 0 Å². The molecule has 0 radical (unpaired) electrons. The second kappa shape index (κ2) is 4.77. The molecule has 1 saturated heterocycles. The van der Waals surface area contributed by atoms with E-state index in [1.54, 1.807) is 0 Å². The predicted molar refractivity (Wildman–Crippen MR) is 58.4 cm³/mol. The van der Waals surface area contributed by atoms with Crippen molar-refractivity contribution < 1.29 is 4.74 Å². The van der Waals surface area contributed by atoms with Gasteiger partial charge in [-0.05, 0) is 19.3 Å². The van der Waals surface area contributed by atoms with Crippen LogP contribution in [0.25, 0.3) is 0 Å². The first kappa shape index (κ1) is 10.6. The van der Waals surface area contributed by atoms with E-state index < -0.39 is 0 Å². The van der Waals surface area contributed by atoms with Gasteiger partial charge in [0, 0.05) is 32.9 Å². The van der Waals surface area contributed by atoms with E-state index in [1.807, 2.05) is 24.1 Å². The Balaban J connectivity index is 1.73. The predicted octanol–water partition coefficient (Wildman–Crippen LogP) is 0.935. The van der Waals surface area contributed by atoms with Gasteiger partial charge >= 0.3 is 0 Å². The quantitative estimate of drug-likeness (QED) is 0.802. The van der Waals surface area contributed by atoms with Crippen molar-refractivity contribution in [2.45, 2.75) is 26.0 Å². The summed E-state index contributed by atoms with van der Waals surface area (Å²) in [7, 11) is 2.02. The Morgan fingerprint density at radius 3 is 3.13 bits per heavy atom. The first-order valence-electron chi connectivity index (χ1n) is 5.55. The van der Waals surface area contributed by atoms with Gasteiger partial charge in [0.2, 0.25) is 0 Å². The number of ether oxygens (including phenoxy) is 1. The maximum atomic E-state index is 5.52. The van der Waals surface area contributed by atoms with Gasteiger partial charge in [0.25, 0.3) is 0 Å². The zero-order valence-electron chi connectivity index (χ0n) is 9.44. The molecule has 84 valence electrons. The van der Waals surface area contributed by atoms with Crippen LogP contribution >= 0.6 is 0 Å². The average Bonchev–Trinajstić information content (AvgIpc) is 2.78. The minimum Gasteiger partial charge on any atom is -0.378 e. The van der Waals surface area contributed by atoms with Gasteiger partial charge in [-0.2, -0.15) is 0 Å². The molecule has 1 aromatic heterocycles. The molecule has 0 aliphatic carbocycles. The molecule has 0 aromatic carbocycles. The summed E-state index contributed by atoms with van der Waals surface area (Å²) in [6, 6.07) is 0. The molecule has 4 heteroatoms. The van der Waals surface area contributed by atoms with Gasteiger partial charge in [-0.25, -0.2) is 4.98 Å². The lowest BCUT2D eigenvalue weighted by Crippen LogP contribution is -2.27. The van der Waals surface area contributed by atoms with E-state index in [0.29, 0.717) is 12.0 Å². The third-order valence-electron chi connectivity index (χ3n) is 3.16. The van der Waals surface area contributed by atoms with Crippen LogP contribution in [0.15, 0.2) is 12.5 Å². The number of aryl methyl sites for hydroxylation is 1. The molecule has 2 heterocycles. The first-order valence-corrected chi connectivity index (χ1v) is 5.55. The van der Waals surface area contributed by atoms with Crippen molar-refractivity contribution in [2.24, 2.45) is 13.0 Å². The maximum absolute atomic E-state index is 5.52. The summed E-state index contributed by atoms with van der Waals surface area (Å²) >= 11 is 0. The van der Waals surface area contributed by atoms with Gasteiger partial charge < -0.3 is 14.6 Å². The molecule has 1 aliphatic rings. The molecule has 0 saturated carbocycles. The Morgan fingerprint density at radius 2 is 2.53 bits per heavy atom. The highest BCUT2D eigenvalue weighted by atomic mass is 16.5. The summed E-state index contributed by atoms with van der Waals surface area (Å²) in [5, 5.41) is 3.46. The normalized spacial score (nSPS) is 26.0. The Hall–Kier alpha value is -0.870. The van der Waals surface area contributed by atoms with Crippen molar-refractivity contribution in [1.29, 1.82) is 0 Å². The minimum absolute atomic E-state index is 0.407. The molecule has 15 heavy (non-hydrogen) atoms. The number of hydrogen-bond acceptors (Lipinski definition) is 3. The lowest BCUT2D eigenvalue weighted by atomic mass is 10.0. The summed E-state index contributed by atoms with van der Waals surface area (Å²) in [5.41, 5.74) is 1.22. The molecule has 4 nitrogen and oxygen atoms in total. The van der Waals surface area contributed by atoms with Crippen LogP contribution < -0.4 is 5.32 Å². The number of nitrogens with one attached hydrogen (secondary N) is 1. The summed E-state index contributed by atoms with van der Waals surface area (Å²) in [6.07, 6.45) is 5.32. The van der Waals surface area contributed by atoms with Gasteiger partial charge in [0.05, 0.1) is 18.1 Å². The smallest absolute Gasteiger partial charge is 0.0945 e. The van der Waals surface area contributed by atoms with E-state index in [2.05, 4.69) is 17.2 Å². The molecule has 1 fully saturated rings. The van der Waals surface area contributed by atoms with Crippen LogP contribution in [0.1, 0.15) is 19.0 Å². The molecule has 0 spiro atoms. The first-order chi connectivity index (χ1) is 7.27. The van der Waals surface area contributed by atoms with Crippen LogP contribution in [0.3, 0.4) is 0 Å². The number of aromatic nitrogens is 2. The van der Waals surface area contributed by atoms with E-state index in [1.165, 1.54) is 12.1 Å². The Kier molecular flexibility index (Phi) is 3.38. The summed E-state index contributed by atoms with van der Waals surface area (Å²) < 4.78 is 7.56. The topological polar surface area (TPSA) is 39.1 Å². The van der Waals surface area contributed by atoms with Gasteiger partial charge in [0.1, 0.15) is 0 Å². The van der Waals surface area contributed by atoms with E-state index >= 15 is 0 Å². The van der Waals surface area contributed by atoms with E-state index in [9.17, 15) is 0 Å².